The molecule has 0 aliphatic carbocycles. The molecule has 2 aromatic heterocycles. The molecule has 35 heavy (non-hydrogen) atoms. The molecule has 1 aliphatic rings. The number of rotatable bonds is 5. The topological polar surface area (TPSA) is 70.7 Å². The second-order valence-electron chi connectivity index (χ2n) is 10.5. The average molecular weight is 469 g/mol. The summed E-state index contributed by atoms with van der Waals surface area (Å²) in [5.41, 5.74) is 3.52. The summed E-state index contributed by atoms with van der Waals surface area (Å²) >= 11 is 0. The molecule has 0 saturated carbocycles. The SMILES string of the molecule is CC(C)(C)c1ccc(C(=O)Cc2cc(N3CCC(O)(c4ccccc4)CC3)n3nccc3n2)cc1. The Kier molecular flexibility index (Phi) is 5.93. The highest BCUT2D eigenvalue weighted by atomic mass is 16.3. The molecule has 6 heteroatoms. The minimum absolute atomic E-state index is 0.0462. The van der Waals surface area contributed by atoms with Crippen LogP contribution in [0.3, 0.4) is 0 Å². The van der Waals surface area contributed by atoms with E-state index in [2.05, 4.69) is 30.8 Å². The second kappa shape index (κ2) is 8.93. The number of hydrogen-bond donors (Lipinski definition) is 1. The third kappa shape index (κ3) is 4.71. The molecule has 0 spiro atoms. The van der Waals surface area contributed by atoms with E-state index in [0.717, 1.165) is 22.7 Å². The number of nitrogens with zero attached hydrogens (tertiary/aromatic N) is 4. The molecule has 0 amide bonds. The van der Waals surface area contributed by atoms with Crippen molar-refractivity contribution in [2.45, 2.75) is 51.0 Å². The van der Waals surface area contributed by atoms with E-state index in [4.69, 9.17) is 4.98 Å². The number of piperidine rings is 1. The minimum atomic E-state index is -0.827. The predicted molar refractivity (Wildman–Crippen MR) is 138 cm³/mol. The van der Waals surface area contributed by atoms with Gasteiger partial charge >= 0.3 is 0 Å². The lowest BCUT2D eigenvalue weighted by atomic mass is 9.84. The van der Waals surface area contributed by atoms with Crippen molar-refractivity contribution in [3.05, 3.63) is 95.3 Å². The number of anilines is 1. The Balaban J connectivity index is 1.36. The maximum Gasteiger partial charge on any atom is 0.168 e. The standard InChI is InChI=1S/C29H32N4O2/c1-28(2,3)22-11-9-21(10-12-22)25(34)19-24-20-27(33-26(31-24)13-16-30-33)32-17-14-29(35,15-18-32)23-7-5-4-6-8-23/h4-13,16,20,35H,14-15,17-19H2,1-3H3. The number of benzene rings is 2. The summed E-state index contributed by atoms with van der Waals surface area (Å²) in [7, 11) is 0. The van der Waals surface area contributed by atoms with Crippen LogP contribution in [0.25, 0.3) is 5.65 Å². The van der Waals surface area contributed by atoms with Gasteiger partial charge in [-0.2, -0.15) is 9.61 Å². The first-order valence-corrected chi connectivity index (χ1v) is 12.2. The fraction of sp³-hybridized carbons (Fsp3) is 0.345. The lowest BCUT2D eigenvalue weighted by Crippen LogP contribution is -2.43. The summed E-state index contributed by atoms with van der Waals surface area (Å²) in [4.78, 5) is 20.0. The quantitative estimate of drug-likeness (QED) is 0.420. The van der Waals surface area contributed by atoms with Crippen LogP contribution in [-0.4, -0.2) is 38.6 Å². The summed E-state index contributed by atoms with van der Waals surface area (Å²) in [5, 5.41) is 15.7. The molecular weight excluding hydrogens is 436 g/mol. The molecule has 0 unspecified atom stereocenters. The number of aromatic nitrogens is 3. The average Bonchev–Trinajstić information content (AvgIpc) is 3.33. The molecule has 1 aliphatic heterocycles. The van der Waals surface area contributed by atoms with Crippen LogP contribution in [0.15, 0.2) is 72.9 Å². The van der Waals surface area contributed by atoms with E-state index in [1.54, 1.807) is 6.20 Å². The molecular formula is C29H32N4O2. The van der Waals surface area contributed by atoms with Gasteiger partial charge < -0.3 is 10.0 Å². The molecule has 1 N–H and O–H groups in total. The van der Waals surface area contributed by atoms with Crippen LogP contribution < -0.4 is 4.90 Å². The first kappa shape index (κ1) is 23.2. The Morgan fingerprint density at radius 1 is 1.00 bits per heavy atom. The summed E-state index contributed by atoms with van der Waals surface area (Å²) in [6.07, 6.45) is 3.20. The number of carbonyl (C=O) groups is 1. The minimum Gasteiger partial charge on any atom is -0.385 e. The Bertz CT molecular complexity index is 1330. The van der Waals surface area contributed by atoms with E-state index >= 15 is 0 Å². The fourth-order valence-corrected chi connectivity index (χ4v) is 4.83. The molecule has 180 valence electrons. The van der Waals surface area contributed by atoms with Crippen molar-refractivity contribution >= 4 is 17.2 Å². The second-order valence-corrected chi connectivity index (χ2v) is 10.5. The van der Waals surface area contributed by atoms with Crippen LogP contribution in [0.5, 0.6) is 0 Å². The maximum atomic E-state index is 13.1. The lowest BCUT2D eigenvalue weighted by Gasteiger charge is -2.39. The van der Waals surface area contributed by atoms with Gasteiger partial charge in [-0.15, -0.1) is 0 Å². The van der Waals surface area contributed by atoms with Gasteiger partial charge in [0.15, 0.2) is 11.4 Å². The van der Waals surface area contributed by atoms with Gasteiger partial charge in [0.2, 0.25) is 0 Å². The molecule has 0 radical (unpaired) electrons. The summed E-state index contributed by atoms with van der Waals surface area (Å²) in [6, 6.07) is 21.6. The molecule has 6 nitrogen and oxygen atoms in total. The summed E-state index contributed by atoms with van der Waals surface area (Å²) in [5.74, 6) is 0.950. The van der Waals surface area contributed by atoms with Crippen molar-refractivity contribution < 1.29 is 9.90 Å². The molecule has 1 saturated heterocycles. The molecule has 3 heterocycles. The molecule has 5 rings (SSSR count). The normalized spacial score (nSPS) is 15.9. The number of Topliss-reactive ketones (excluding diaryl/α,β-unsaturated/α-hetero) is 1. The van der Waals surface area contributed by atoms with Crippen LogP contribution in [0.4, 0.5) is 5.82 Å². The zero-order valence-corrected chi connectivity index (χ0v) is 20.6. The van der Waals surface area contributed by atoms with Gasteiger partial charge in [0.25, 0.3) is 0 Å². The van der Waals surface area contributed by atoms with Crippen LogP contribution in [0.2, 0.25) is 0 Å². The van der Waals surface area contributed by atoms with Crippen molar-refractivity contribution in [2.24, 2.45) is 0 Å². The highest BCUT2D eigenvalue weighted by Crippen LogP contribution is 2.34. The van der Waals surface area contributed by atoms with Gasteiger partial charge in [0.05, 0.1) is 23.9 Å². The fourth-order valence-electron chi connectivity index (χ4n) is 4.83. The number of ketones is 1. The van der Waals surface area contributed by atoms with E-state index in [1.165, 1.54) is 5.56 Å². The molecule has 2 aromatic carbocycles. The number of fused-ring (bicyclic) bond motifs is 1. The van der Waals surface area contributed by atoms with Crippen molar-refractivity contribution in [3.8, 4) is 0 Å². The van der Waals surface area contributed by atoms with E-state index in [9.17, 15) is 9.90 Å². The third-order valence-electron chi connectivity index (χ3n) is 7.03. The monoisotopic (exact) mass is 468 g/mol. The first-order chi connectivity index (χ1) is 16.7. The van der Waals surface area contributed by atoms with Gasteiger partial charge in [-0.25, -0.2) is 4.98 Å². The summed E-state index contributed by atoms with van der Waals surface area (Å²) in [6.45, 7) is 7.87. The lowest BCUT2D eigenvalue weighted by molar-refractivity contribution is 0.0116. The van der Waals surface area contributed by atoms with E-state index in [1.807, 2.05) is 71.2 Å². The number of aliphatic hydroxyl groups is 1. The van der Waals surface area contributed by atoms with E-state index < -0.39 is 5.60 Å². The highest BCUT2D eigenvalue weighted by molar-refractivity contribution is 5.97. The Morgan fingerprint density at radius 2 is 1.69 bits per heavy atom. The van der Waals surface area contributed by atoms with Crippen LogP contribution in [-0.2, 0) is 17.4 Å². The summed E-state index contributed by atoms with van der Waals surface area (Å²) < 4.78 is 1.82. The largest absolute Gasteiger partial charge is 0.385 e. The Labute approximate surface area is 206 Å². The van der Waals surface area contributed by atoms with Gasteiger partial charge in [0, 0.05) is 30.8 Å². The number of hydrogen-bond acceptors (Lipinski definition) is 5. The van der Waals surface area contributed by atoms with Crippen molar-refractivity contribution in [1.29, 1.82) is 0 Å². The van der Waals surface area contributed by atoms with Crippen molar-refractivity contribution in [1.82, 2.24) is 14.6 Å². The van der Waals surface area contributed by atoms with Gasteiger partial charge in [-0.3, -0.25) is 4.79 Å². The first-order valence-electron chi connectivity index (χ1n) is 12.2. The molecule has 0 bridgehead atoms. The van der Waals surface area contributed by atoms with Gasteiger partial charge in [-0.1, -0.05) is 75.4 Å². The predicted octanol–water partition coefficient (Wildman–Crippen LogP) is 4.94. The molecule has 0 atom stereocenters. The van der Waals surface area contributed by atoms with Crippen LogP contribution in [0, 0.1) is 0 Å². The van der Waals surface area contributed by atoms with Gasteiger partial charge in [-0.05, 0) is 29.4 Å². The van der Waals surface area contributed by atoms with Crippen LogP contribution in [0.1, 0.15) is 60.8 Å². The van der Waals surface area contributed by atoms with Gasteiger partial charge in [0.1, 0.15) is 5.82 Å². The maximum absolute atomic E-state index is 13.1. The highest BCUT2D eigenvalue weighted by Gasteiger charge is 2.34. The molecule has 1 fully saturated rings. The van der Waals surface area contributed by atoms with Crippen molar-refractivity contribution in [2.75, 3.05) is 18.0 Å². The Morgan fingerprint density at radius 3 is 2.34 bits per heavy atom. The van der Waals surface area contributed by atoms with E-state index in [-0.39, 0.29) is 17.6 Å². The Hall–Kier alpha value is -3.51. The van der Waals surface area contributed by atoms with E-state index in [0.29, 0.717) is 31.5 Å². The van der Waals surface area contributed by atoms with Crippen molar-refractivity contribution in [3.63, 3.8) is 0 Å². The zero-order chi connectivity index (χ0) is 24.6. The smallest absolute Gasteiger partial charge is 0.168 e. The number of carbonyl (C=O) groups excluding carboxylic acids is 1. The van der Waals surface area contributed by atoms with Crippen LogP contribution >= 0.6 is 0 Å². The zero-order valence-electron chi connectivity index (χ0n) is 20.6. The third-order valence-corrected chi connectivity index (χ3v) is 7.03. The molecule has 4 aromatic rings.